The van der Waals surface area contributed by atoms with Crippen molar-refractivity contribution in [2.75, 3.05) is 17.2 Å². The minimum Gasteiger partial charge on any atom is -0.484 e. The summed E-state index contributed by atoms with van der Waals surface area (Å²) in [5.41, 5.74) is 6.88. The standard InChI is InChI=1S/C24H24N4O3/c1-17-8-11-21(14-18(17)2)26-23(29)16-31-22-12-9-19(10-13-22)15-25-28-24(30)27-20-6-4-3-5-7-20/h3-15H,16H2,1-2H3,(H,26,29)(H2,27,28,30)/b25-15+. The smallest absolute Gasteiger partial charge is 0.339 e. The maximum Gasteiger partial charge on any atom is 0.339 e. The molecular weight excluding hydrogens is 392 g/mol. The second-order valence-corrected chi connectivity index (χ2v) is 6.90. The van der Waals surface area contributed by atoms with Crippen molar-refractivity contribution in [2.24, 2.45) is 5.10 Å². The number of carbonyl (C=O) groups is 2. The number of aryl methyl sites for hydroxylation is 2. The fourth-order valence-electron chi connectivity index (χ4n) is 2.66. The monoisotopic (exact) mass is 416 g/mol. The number of para-hydroxylation sites is 1. The molecule has 0 spiro atoms. The van der Waals surface area contributed by atoms with Gasteiger partial charge in [-0.2, -0.15) is 5.10 Å². The highest BCUT2D eigenvalue weighted by atomic mass is 16.5. The highest BCUT2D eigenvalue weighted by Gasteiger charge is 2.05. The minimum absolute atomic E-state index is 0.0957. The number of urea groups is 1. The van der Waals surface area contributed by atoms with Gasteiger partial charge in [-0.25, -0.2) is 10.2 Å². The van der Waals surface area contributed by atoms with Crippen molar-refractivity contribution in [1.82, 2.24) is 5.43 Å². The van der Waals surface area contributed by atoms with Crippen molar-refractivity contribution >= 4 is 29.5 Å². The van der Waals surface area contributed by atoms with Crippen molar-refractivity contribution in [3.05, 3.63) is 89.5 Å². The van der Waals surface area contributed by atoms with Crippen LogP contribution in [0.25, 0.3) is 0 Å². The predicted octanol–water partition coefficient (Wildman–Crippen LogP) is 4.48. The van der Waals surface area contributed by atoms with Gasteiger partial charge in [0, 0.05) is 11.4 Å². The van der Waals surface area contributed by atoms with Crippen molar-refractivity contribution < 1.29 is 14.3 Å². The van der Waals surface area contributed by atoms with E-state index in [9.17, 15) is 9.59 Å². The van der Waals surface area contributed by atoms with Crippen LogP contribution in [-0.4, -0.2) is 24.8 Å². The van der Waals surface area contributed by atoms with E-state index in [-0.39, 0.29) is 12.5 Å². The summed E-state index contributed by atoms with van der Waals surface area (Å²) in [6.45, 7) is 3.92. The molecule has 31 heavy (non-hydrogen) atoms. The lowest BCUT2D eigenvalue weighted by Crippen LogP contribution is -2.24. The minimum atomic E-state index is -0.433. The van der Waals surface area contributed by atoms with Gasteiger partial charge in [-0.05, 0) is 79.1 Å². The Balaban J connectivity index is 1.43. The normalized spacial score (nSPS) is 10.5. The van der Waals surface area contributed by atoms with Gasteiger partial charge >= 0.3 is 6.03 Å². The quantitative estimate of drug-likeness (QED) is 0.392. The van der Waals surface area contributed by atoms with Crippen LogP contribution in [0.5, 0.6) is 5.75 Å². The lowest BCUT2D eigenvalue weighted by Gasteiger charge is -2.09. The number of hydrogen-bond acceptors (Lipinski definition) is 4. The summed E-state index contributed by atoms with van der Waals surface area (Å²) in [7, 11) is 0. The van der Waals surface area contributed by atoms with E-state index in [2.05, 4.69) is 21.2 Å². The molecule has 0 aromatic heterocycles. The number of hydrazone groups is 1. The molecule has 3 amide bonds. The molecule has 0 fully saturated rings. The Bertz CT molecular complexity index is 1060. The van der Waals surface area contributed by atoms with Crippen molar-refractivity contribution in [3.8, 4) is 5.75 Å². The number of carbonyl (C=O) groups excluding carboxylic acids is 2. The van der Waals surface area contributed by atoms with Crippen LogP contribution in [0.1, 0.15) is 16.7 Å². The van der Waals surface area contributed by atoms with Crippen molar-refractivity contribution in [2.45, 2.75) is 13.8 Å². The van der Waals surface area contributed by atoms with E-state index in [0.717, 1.165) is 16.8 Å². The average Bonchev–Trinajstić information content (AvgIpc) is 2.76. The van der Waals surface area contributed by atoms with Gasteiger partial charge in [0.2, 0.25) is 0 Å². The van der Waals surface area contributed by atoms with E-state index in [1.807, 2.05) is 50.2 Å². The van der Waals surface area contributed by atoms with Crippen LogP contribution in [0.3, 0.4) is 0 Å². The zero-order valence-electron chi connectivity index (χ0n) is 17.4. The largest absolute Gasteiger partial charge is 0.484 e. The molecule has 0 aliphatic carbocycles. The van der Waals surface area contributed by atoms with E-state index in [1.54, 1.807) is 36.4 Å². The van der Waals surface area contributed by atoms with Crippen LogP contribution in [0.2, 0.25) is 0 Å². The van der Waals surface area contributed by atoms with Gasteiger partial charge in [-0.15, -0.1) is 0 Å². The SMILES string of the molecule is Cc1ccc(NC(=O)COc2ccc(/C=N/NC(=O)Nc3ccccc3)cc2)cc1C. The molecule has 158 valence electrons. The summed E-state index contributed by atoms with van der Waals surface area (Å²) in [5.74, 6) is 0.324. The number of nitrogens with one attached hydrogen (secondary N) is 3. The Labute approximate surface area is 181 Å². The van der Waals surface area contributed by atoms with E-state index < -0.39 is 6.03 Å². The maximum atomic E-state index is 12.1. The molecule has 7 nitrogen and oxygen atoms in total. The third kappa shape index (κ3) is 7.01. The predicted molar refractivity (Wildman–Crippen MR) is 123 cm³/mol. The van der Waals surface area contributed by atoms with E-state index >= 15 is 0 Å². The average molecular weight is 416 g/mol. The van der Waals surface area contributed by atoms with Gasteiger partial charge in [0.1, 0.15) is 5.75 Å². The summed E-state index contributed by atoms with van der Waals surface area (Å²) in [4.78, 5) is 23.9. The number of benzene rings is 3. The van der Waals surface area contributed by atoms with E-state index in [4.69, 9.17) is 4.74 Å². The van der Waals surface area contributed by atoms with E-state index in [1.165, 1.54) is 11.8 Å². The summed E-state index contributed by atoms with van der Waals surface area (Å²) >= 11 is 0. The van der Waals surface area contributed by atoms with Crippen LogP contribution in [0.4, 0.5) is 16.2 Å². The number of nitrogens with zero attached hydrogens (tertiary/aromatic N) is 1. The molecule has 0 heterocycles. The van der Waals surface area contributed by atoms with Crippen LogP contribution < -0.4 is 20.8 Å². The van der Waals surface area contributed by atoms with Gasteiger partial charge < -0.3 is 15.4 Å². The van der Waals surface area contributed by atoms with Crippen molar-refractivity contribution in [3.63, 3.8) is 0 Å². The fourth-order valence-corrected chi connectivity index (χ4v) is 2.66. The number of rotatable bonds is 7. The molecule has 0 radical (unpaired) electrons. The summed E-state index contributed by atoms with van der Waals surface area (Å²) in [5, 5.41) is 9.39. The molecule has 0 aliphatic heterocycles. The van der Waals surface area contributed by atoms with Gasteiger partial charge in [-0.1, -0.05) is 24.3 Å². The molecule has 3 N–H and O–H groups in total. The number of anilines is 2. The topological polar surface area (TPSA) is 91.8 Å². The number of ether oxygens (including phenoxy) is 1. The fraction of sp³-hybridized carbons (Fsp3) is 0.125. The molecule has 0 atom stereocenters. The highest BCUT2D eigenvalue weighted by Crippen LogP contribution is 2.15. The molecule has 0 unspecified atom stereocenters. The Kier molecular flexibility index (Phi) is 7.37. The highest BCUT2D eigenvalue weighted by molar-refractivity contribution is 5.92. The van der Waals surface area contributed by atoms with Crippen LogP contribution in [0.15, 0.2) is 77.9 Å². The van der Waals surface area contributed by atoms with Gasteiger partial charge in [0.25, 0.3) is 5.91 Å². The summed E-state index contributed by atoms with van der Waals surface area (Å²) in [6, 6.07) is 21.4. The second kappa shape index (κ2) is 10.6. The Hall–Kier alpha value is -4.13. The van der Waals surface area contributed by atoms with Gasteiger partial charge in [0.15, 0.2) is 6.61 Å². The molecule has 7 heteroatoms. The molecule has 3 aromatic carbocycles. The zero-order chi connectivity index (χ0) is 22.1. The van der Waals surface area contributed by atoms with Crippen LogP contribution in [0, 0.1) is 13.8 Å². The Morgan fingerprint density at radius 2 is 1.61 bits per heavy atom. The Morgan fingerprint density at radius 3 is 2.32 bits per heavy atom. The van der Waals surface area contributed by atoms with Crippen molar-refractivity contribution in [1.29, 1.82) is 0 Å². The lowest BCUT2D eigenvalue weighted by atomic mass is 10.1. The first kappa shape index (κ1) is 21.6. The third-order valence-electron chi connectivity index (χ3n) is 4.45. The van der Waals surface area contributed by atoms with Gasteiger partial charge in [0.05, 0.1) is 6.21 Å². The maximum absolute atomic E-state index is 12.1. The molecule has 0 saturated heterocycles. The zero-order valence-corrected chi connectivity index (χ0v) is 17.4. The molecule has 0 bridgehead atoms. The van der Waals surface area contributed by atoms with E-state index in [0.29, 0.717) is 11.4 Å². The van der Waals surface area contributed by atoms with Crippen LogP contribution >= 0.6 is 0 Å². The first-order valence-electron chi connectivity index (χ1n) is 9.75. The molecule has 3 aromatic rings. The summed E-state index contributed by atoms with van der Waals surface area (Å²) < 4.78 is 5.52. The Morgan fingerprint density at radius 1 is 0.871 bits per heavy atom. The molecule has 0 saturated carbocycles. The molecule has 3 rings (SSSR count). The molecule has 0 aliphatic rings. The first-order chi connectivity index (χ1) is 15.0. The summed E-state index contributed by atoms with van der Waals surface area (Å²) in [6.07, 6.45) is 1.51. The second-order valence-electron chi connectivity index (χ2n) is 6.90. The number of amides is 3. The van der Waals surface area contributed by atoms with Crippen LogP contribution in [-0.2, 0) is 4.79 Å². The molecular formula is C24H24N4O3. The third-order valence-corrected chi connectivity index (χ3v) is 4.45. The first-order valence-corrected chi connectivity index (χ1v) is 9.75. The van der Waals surface area contributed by atoms with Gasteiger partial charge in [-0.3, -0.25) is 4.79 Å². The number of hydrogen-bond donors (Lipinski definition) is 3. The lowest BCUT2D eigenvalue weighted by molar-refractivity contribution is -0.118.